The Balaban J connectivity index is 2.26. The van der Waals surface area contributed by atoms with Crippen LogP contribution in [0.25, 0.3) is 0 Å². The molecule has 12 heavy (non-hydrogen) atoms. The highest BCUT2D eigenvalue weighted by atomic mass is 15.4. The first-order chi connectivity index (χ1) is 5.56. The maximum atomic E-state index is 5.94. The molecule has 70 valence electrons. The smallest absolute Gasteiger partial charge is 0.0376 e. The molecule has 2 fully saturated rings. The van der Waals surface area contributed by atoms with E-state index < -0.39 is 0 Å². The normalized spacial score (nSPS) is 52.2. The van der Waals surface area contributed by atoms with Crippen molar-refractivity contribution in [2.45, 2.75) is 38.6 Å². The average Bonchev–Trinajstić information content (AvgIpc) is 2.55. The summed E-state index contributed by atoms with van der Waals surface area (Å²) in [6.45, 7) is 4.70. The molecule has 2 rings (SSSR count). The van der Waals surface area contributed by atoms with Gasteiger partial charge in [-0.1, -0.05) is 6.92 Å². The van der Waals surface area contributed by atoms with E-state index in [2.05, 4.69) is 13.8 Å². The van der Waals surface area contributed by atoms with E-state index in [-0.39, 0.29) is 5.54 Å². The zero-order valence-electron chi connectivity index (χ0n) is 8.38. The van der Waals surface area contributed by atoms with Crippen LogP contribution < -0.4 is 5.84 Å². The van der Waals surface area contributed by atoms with E-state index in [1.807, 2.05) is 12.1 Å². The molecule has 0 aromatic heterocycles. The minimum Gasteiger partial charge on any atom is -0.269 e. The molecule has 0 aromatic carbocycles. The predicted molar refractivity (Wildman–Crippen MR) is 50.4 cm³/mol. The maximum Gasteiger partial charge on any atom is 0.0376 e. The second-order valence-corrected chi connectivity index (χ2v) is 4.90. The molecule has 4 unspecified atom stereocenters. The lowest BCUT2D eigenvalue weighted by atomic mass is 9.74. The third kappa shape index (κ3) is 0.826. The number of hydrogen-bond donors (Lipinski definition) is 1. The van der Waals surface area contributed by atoms with E-state index in [4.69, 9.17) is 5.84 Å². The number of hydrazine groups is 1. The summed E-state index contributed by atoms with van der Waals surface area (Å²) in [7, 11) is 2.02. The zero-order chi connectivity index (χ0) is 8.93. The summed E-state index contributed by atoms with van der Waals surface area (Å²) < 4.78 is 0. The second kappa shape index (κ2) is 2.46. The minimum absolute atomic E-state index is 0.281. The third-order valence-electron chi connectivity index (χ3n) is 4.69. The molecule has 0 saturated heterocycles. The number of fused-ring (bicyclic) bond motifs is 2. The van der Waals surface area contributed by atoms with Crippen molar-refractivity contribution in [3.8, 4) is 0 Å². The van der Waals surface area contributed by atoms with Crippen molar-refractivity contribution >= 4 is 0 Å². The lowest BCUT2D eigenvalue weighted by Gasteiger charge is -2.44. The SMILES string of the molecule is CC1C2CCC(C2)C1(C)N(C)N. The van der Waals surface area contributed by atoms with Gasteiger partial charge in [-0.05, 0) is 43.9 Å². The highest BCUT2D eigenvalue weighted by Gasteiger charge is 2.54. The van der Waals surface area contributed by atoms with Gasteiger partial charge >= 0.3 is 0 Å². The lowest BCUT2D eigenvalue weighted by Crippen LogP contribution is -2.55. The van der Waals surface area contributed by atoms with Crippen LogP contribution in [-0.4, -0.2) is 17.6 Å². The van der Waals surface area contributed by atoms with Crippen LogP contribution in [0, 0.1) is 17.8 Å². The molecule has 0 heterocycles. The molecule has 0 aromatic rings. The van der Waals surface area contributed by atoms with Crippen molar-refractivity contribution in [2.24, 2.45) is 23.6 Å². The van der Waals surface area contributed by atoms with Crippen molar-refractivity contribution in [1.29, 1.82) is 0 Å². The van der Waals surface area contributed by atoms with Gasteiger partial charge in [0.25, 0.3) is 0 Å². The van der Waals surface area contributed by atoms with Crippen LogP contribution >= 0.6 is 0 Å². The summed E-state index contributed by atoms with van der Waals surface area (Å²) in [4.78, 5) is 0. The highest BCUT2D eigenvalue weighted by Crippen LogP contribution is 2.55. The number of nitrogens with zero attached hydrogens (tertiary/aromatic N) is 1. The first-order valence-electron chi connectivity index (χ1n) is 5.05. The van der Waals surface area contributed by atoms with Crippen LogP contribution in [0.2, 0.25) is 0 Å². The number of rotatable bonds is 1. The molecule has 2 heteroatoms. The Morgan fingerprint density at radius 3 is 2.42 bits per heavy atom. The van der Waals surface area contributed by atoms with Gasteiger partial charge in [-0.2, -0.15) is 0 Å². The van der Waals surface area contributed by atoms with E-state index in [9.17, 15) is 0 Å². The summed E-state index contributed by atoms with van der Waals surface area (Å²) in [5.74, 6) is 8.53. The molecule has 4 atom stereocenters. The molecular formula is C10H20N2. The maximum absolute atomic E-state index is 5.94. The Kier molecular flexibility index (Phi) is 1.74. The molecule has 2 nitrogen and oxygen atoms in total. The molecule has 2 bridgehead atoms. The standard InChI is InChI=1S/C10H20N2/c1-7-8-4-5-9(6-8)10(7,2)12(3)11/h7-9H,4-6,11H2,1-3H3. The summed E-state index contributed by atoms with van der Waals surface area (Å²) in [5.41, 5.74) is 0.281. The zero-order valence-corrected chi connectivity index (χ0v) is 8.38. The number of hydrogen-bond acceptors (Lipinski definition) is 2. The minimum atomic E-state index is 0.281. The topological polar surface area (TPSA) is 29.3 Å². The van der Waals surface area contributed by atoms with Crippen molar-refractivity contribution in [3.05, 3.63) is 0 Å². The fourth-order valence-corrected chi connectivity index (χ4v) is 3.46. The molecular weight excluding hydrogens is 148 g/mol. The van der Waals surface area contributed by atoms with Crippen LogP contribution in [0.4, 0.5) is 0 Å². The Bertz CT molecular complexity index is 186. The van der Waals surface area contributed by atoms with E-state index in [1.165, 1.54) is 19.3 Å². The van der Waals surface area contributed by atoms with Crippen LogP contribution in [-0.2, 0) is 0 Å². The summed E-state index contributed by atoms with van der Waals surface area (Å²) in [6.07, 6.45) is 4.25. The highest BCUT2D eigenvalue weighted by molar-refractivity contribution is 5.07. The number of nitrogens with two attached hydrogens (primary N) is 1. The fraction of sp³-hybridized carbons (Fsp3) is 1.00. The van der Waals surface area contributed by atoms with Crippen molar-refractivity contribution < 1.29 is 0 Å². The third-order valence-corrected chi connectivity index (χ3v) is 4.69. The van der Waals surface area contributed by atoms with Gasteiger partial charge < -0.3 is 0 Å². The van der Waals surface area contributed by atoms with Crippen molar-refractivity contribution in [1.82, 2.24) is 5.01 Å². The monoisotopic (exact) mass is 168 g/mol. The molecule has 2 aliphatic carbocycles. The van der Waals surface area contributed by atoms with Gasteiger partial charge in [-0.25, -0.2) is 5.01 Å². The lowest BCUT2D eigenvalue weighted by molar-refractivity contribution is 0.0305. The van der Waals surface area contributed by atoms with Crippen LogP contribution in [0.5, 0.6) is 0 Å². The summed E-state index contributed by atoms with van der Waals surface area (Å²) in [5, 5.41) is 1.96. The summed E-state index contributed by atoms with van der Waals surface area (Å²) in [6, 6.07) is 0. The van der Waals surface area contributed by atoms with E-state index in [0.29, 0.717) is 0 Å². The Labute approximate surface area is 75.1 Å². The van der Waals surface area contributed by atoms with Crippen LogP contribution in [0.3, 0.4) is 0 Å². The van der Waals surface area contributed by atoms with Gasteiger partial charge in [0.1, 0.15) is 0 Å². The molecule has 2 saturated carbocycles. The van der Waals surface area contributed by atoms with E-state index in [0.717, 1.165) is 17.8 Å². The van der Waals surface area contributed by atoms with Gasteiger partial charge in [0.2, 0.25) is 0 Å². The van der Waals surface area contributed by atoms with Gasteiger partial charge in [0.15, 0.2) is 0 Å². The van der Waals surface area contributed by atoms with Gasteiger partial charge in [-0.15, -0.1) is 0 Å². The van der Waals surface area contributed by atoms with Crippen LogP contribution in [0.15, 0.2) is 0 Å². The van der Waals surface area contributed by atoms with E-state index in [1.54, 1.807) is 0 Å². The van der Waals surface area contributed by atoms with Gasteiger partial charge in [-0.3, -0.25) is 5.84 Å². The van der Waals surface area contributed by atoms with E-state index >= 15 is 0 Å². The van der Waals surface area contributed by atoms with Crippen molar-refractivity contribution in [2.75, 3.05) is 7.05 Å². The molecule has 2 N–H and O–H groups in total. The molecule has 2 aliphatic rings. The molecule has 0 radical (unpaired) electrons. The first kappa shape index (κ1) is 8.52. The Morgan fingerprint density at radius 1 is 1.42 bits per heavy atom. The molecule has 0 spiro atoms. The quantitative estimate of drug-likeness (QED) is 0.476. The molecule has 0 amide bonds. The molecule has 0 aliphatic heterocycles. The van der Waals surface area contributed by atoms with Crippen molar-refractivity contribution in [3.63, 3.8) is 0 Å². The van der Waals surface area contributed by atoms with Gasteiger partial charge in [0, 0.05) is 12.6 Å². The second-order valence-electron chi connectivity index (χ2n) is 4.90. The Morgan fingerprint density at radius 2 is 2.08 bits per heavy atom. The van der Waals surface area contributed by atoms with Gasteiger partial charge in [0.05, 0.1) is 0 Å². The predicted octanol–water partition coefficient (Wildman–Crippen LogP) is 1.62. The van der Waals surface area contributed by atoms with Crippen LogP contribution in [0.1, 0.15) is 33.1 Å². The summed E-state index contributed by atoms with van der Waals surface area (Å²) >= 11 is 0. The fourth-order valence-electron chi connectivity index (χ4n) is 3.46. The average molecular weight is 168 g/mol. The first-order valence-corrected chi connectivity index (χ1v) is 5.05. The largest absolute Gasteiger partial charge is 0.269 e. The Hall–Kier alpha value is -0.0800.